The van der Waals surface area contributed by atoms with Crippen molar-refractivity contribution in [3.05, 3.63) is 47.0 Å². The van der Waals surface area contributed by atoms with Crippen LogP contribution in [0, 0.1) is 0 Å². The van der Waals surface area contributed by atoms with E-state index in [-0.39, 0.29) is 11.0 Å². The summed E-state index contributed by atoms with van der Waals surface area (Å²) in [4.78, 5) is 31.9. The van der Waals surface area contributed by atoms with E-state index < -0.39 is 23.3 Å². The maximum atomic E-state index is 13.0. The first-order valence-corrected chi connectivity index (χ1v) is 9.90. The first kappa shape index (κ1) is 21.1. The number of piperazine rings is 1. The molecule has 0 bridgehead atoms. The number of anilines is 1. The van der Waals surface area contributed by atoms with Crippen molar-refractivity contribution in [2.24, 2.45) is 0 Å². The maximum Gasteiger partial charge on any atom is 0.434 e. The third-order valence-electron chi connectivity index (χ3n) is 4.89. The Morgan fingerprint density at radius 1 is 1.03 bits per heavy atom. The number of halogens is 3. The summed E-state index contributed by atoms with van der Waals surface area (Å²) in [6.07, 6.45) is -4.54. The van der Waals surface area contributed by atoms with Crippen LogP contribution in [0.2, 0.25) is 0 Å². The first-order valence-electron chi connectivity index (χ1n) is 9.02. The number of rotatable bonds is 3. The summed E-state index contributed by atoms with van der Waals surface area (Å²) in [6.45, 7) is 5.02. The van der Waals surface area contributed by atoms with E-state index in [0.29, 0.717) is 26.2 Å². The summed E-state index contributed by atoms with van der Waals surface area (Å²) in [5, 5.41) is 3.15. The van der Waals surface area contributed by atoms with Gasteiger partial charge in [-0.2, -0.15) is 13.2 Å². The minimum atomic E-state index is -4.54. The second kappa shape index (κ2) is 8.02. The lowest BCUT2D eigenvalue weighted by Crippen LogP contribution is -2.55. The molecule has 1 fully saturated rings. The Kier molecular flexibility index (Phi) is 5.83. The molecule has 0 radical (unpaired) electrons. The van der Waals surface area contributed by atoms with Crippen molar-refractivity contribution in [2.75, 3.05) is 31.5 Å². The topological polar surface area (TPSA) is 65.5 Å². The molecule has 29 heavy (non-hydrogen) atoms. The van der Waals surface area contributed by atoms with Gasteiger partial charge in [-0.25, -0.2) is 9.78 Å². The molecule has 0 aliphatic carbocycles. The Morgan fingerprint density at radius 2 is 1.62 bits per heavy atom. The normalized spacial score (nSPS) is 15.3. The van der Waals surface area contributed by atoms with Gasteiger partial charge in [0.25, 0.3) is 0 Å². The summed E-state index contributed by atoms with van der Waals surface area (Å²) in [6, 6.07) is 8.95. The van der Waals surface area contributed by atoms with E-state index in [1.807, 2.05) is 44.2 Å². The van der Waals surface area contributed by atoms with Crippen molar-refractivity contribution in [1.29, 1.82) is 0 Å². The summed E-state index contributed by atoms with van der Waals surface area (Å²) < 4.78 is 37.8. The Labute approximate surface area is 170 Å². The van der Waals surface area contributed by atoms with Crippen LogP contribution in [0.25, 0.3) is 0 Å². The highest BCUT2D eigenvalue weighted by atomic mass is 32.1. The molecule has 3 amide bonds. The number of hydrogen-bond donors (Lipinski definition) is 1. The number of hydrogen-bond acceptors (Lipinski definition) is 4. The molecule has 2 aromatic rings. The fourth-order valence-electron chi connectivity index (χ4n) is 3.12. The average Bonchev–Trinajstić information content (AvgIpc) is 3.17. The molecule has 1 saturated heterocycles. The van der Waals surface area contributed by atoms with E-state index in [2.05, 4.69) is 10.3 Å². The molecular formula is C19H21F3N4O2S. The molecule has 0 saturated carbocycles. The zero-order chi connectivity index (χ0) is 21.2. The van der Waals surface area contributed by atoms with E-state index in [1.165, 1.54) is 4.90 Å². The van der Waals surface area contributed by atoms with E-state index in [1.54, 1.807) is 4.90 Å². The van der Waals surface area contributed by atoms with Crippen LogP contribution in [0.1, 0.15) is 25.1 Å². The quantitative estimate of drug-likeness (QED) is 0.812. The molecule has 1 aromatic heterocycles. The van der Waals surface area contributed by atoms with Crippen molar-refractivity contribution in [1.82, 2.24) is 14.8 Å². The third kappa shape index (κ3) is 4.69. The predicted octanol–water partition coefficient (Wildman–Crippen LogP) is 3.82. The molecule has 2 heterocycles. The number of nitrogens with one attached hydrogen (secondary N) is 1. The zero-order valence-corrected chi connectivity index (χ0v) is 16.8. The van der Waals surface area contributed by atoms with Crippen molar-refractivity contribution < 1.29 is 22.8 Å². The number of alkyl halides is 3. The van der Waals surface area contributed by atoms with Crippen LogP contribution in [-0.2, 0) is 16.4 Å². The first-order chi connectivity index (χ1) is 13.6. The summed E-state index contributed by atoms with van der Waals surface area (Å²) in [5.74, 6) is -0.0292. The second-order valence-corrected chi connectivity index (χ2v) is 8.09. The highest BCUT2D eigenvalue weighted by Crippen LogP contribution is 2.31. The molecule has 3 rings (SSSR count). The molecule has 6 nitrogen and oxygen atoms in total. The van der Waals surface area contributed by atoms with Crippen LogP contribution in [0.3, 0.4) is 0 Å². The Balaban J connectivity index is 1.56. The summed E-state index contributed by atoms with van der Waals surface area (Å²) in [5.41, 5.74) is -0.814. The van der Waals surface area contributed by atoms with Crippen LogP contribution in [-0.4, -0.2) is 52.9 Å². The molecule has 0 spiro atoms. The number of nitrogens with zero attached hydrogens (tertiary/aromatic N) is 3. The lowest BCUT2D eigenvalue weighted by molar-refractivity contribution is -0.140. The van der Waals surface area contributed by atoms with Crippen LogP contribution in [0.5, 0.6) is 0 Å². The molecule has 1 aliphatic rings. The van der Waals surface area contributed by atoms with Crippen LogP contribution in [0.4, 0.5) is 23.1 Å². The smallest absolute Gasteiger partial charge is 0.338 e. The number of carbonyl (C=O) groups is 2. The lowest BCUT2D eigenvalue weighted by atomic mass is 9.83. The number of urea groups is 1. The number of carbonyl (C=O) groups excluding carboxylic acids is 2. The summed E-state index contributed by atoms with van der Waals surface area (Å²) >= 11 is 0.721. The van der Waals surface area contributed by atoms with Crippen molar-refractivity contribution >= 4 is 28.4 Å². The van der Waals surface area contributed by atoms with Gasteiger partial charge in [-0.1, -0.05) is 30.3 Å². The minimum absolute atomic E-state index is 0.0292. The fraction of sp³-hybridized carbons (Fsp3) is 0.421. The lowest BCUT2D eigenvalue weighted by Gasteiger charge is -2.38. The predicted molar refractivity (Wildman–Crippen MR) is 104 cm³/mol. The minimum Gasteiger partial charge on any atom is -0.338 e. The van der Waals surface area contributed by atoms with Gasteiger partial charge in [-0.15, -0.1) is 11.3 Å². The van der Waals surface area contributed by atoms with E-state index in [4.69, 9.17) is 0 Å². The van der Waals surface area contributed by atoms with E-state index >= 15 is 0 Å². The van der Waals surface area contributed by atoms with Gasteiger partial charge < -0.3 is 9.80 Å². The number of amides is 3. The average molecular weight is 426 g/mol. The standard InChI is InChI=1S/C19H21F3N4O2S/c1-18(2,13-6-4-3-5-7-13)15(27)25-8-10-26(11-9-25)17(28)24-16-23-14(12-29-16)19(20,21)22/h3-7,12H,8-11H2,1-2H3,(H,23,24,28). The Bertz CT molecular complexity index is 875. The second-order valence-electron chi connectivity index (χ2n) is 7.24. The van der Waals surface area contributed by atoms with Crippen LogP contribution < -0.4 is 5.32 Å². The number of aromatic nitrogens is 1. The fourth-order valence-corrected chi connectivity index (χ4v) is 3.82. The number of thiazole rings is 1. The molecule has 1 aliphatic heterocycles. The van der Waals surface area contributed by atoms with Crippen molar-refractivity contribution in [3.8, 4) is 0 Å². The van der Waals surface area contributed by atoms with Crippen LogP contribution >= 0.6 is 11.3 Å². The van der Waals surface area contributed by atoms with Crippen molar-refractivity contribution in [3.63, 3.8) is 0 Å². The van der Waals surface area contributed by atoms with Gasteiger partial charge in [0.2, 0.25) is 5.91 Å². The van der Waals surface area contributed by atoms with Crippen molar-refractivity contribution in [2.45, 2.75) is 25.4 Å². The monoisotopic (exact) mass is 426 g/mol. The van der Waals surface area contributed by atoms with E-state index in [9.17, 15) is 22.8 Å². The van der Waals surface area contributed by atoms with E-state index in [0.717, 1.165) is 22.3 Å². The Hall–Kier alpha value is -2.62. The molecule has 0 atom stereocenters. The van der Waals surface area contributed by atoms with Gasteiger partial charge in [0.1, 0.15) is 0 Å². The molecule has 1 aromatic carbocycles. The van der Waals surface area contributed by atoms with Gasteiger partial charge in [0.15, 0.2) is 10.8 Å². The van der Waals surface area contributed by atoms with Gasteiger partial charge in [0, 0.05) is 31.6 Å². The van der Waals surface area contributed by atoms with Crippen LogP contribution in [0.15, 0.2) is 35.7 Å². The Morgan fingerprint density at radius 3 is 2.17 bits per heavy atom. The van der Waals surface area contributed by atoms with Gasteiger partial charge >= 0.3 is 12.2 Å². The summed E-state index contributed by atoms with van der Waals surface area (Å²) in [7, 11) is 0. The highest BCUT2D eigenvalue weighted by molar-refractivity contribution is 7.13. The molecule has 0 unspecified atom stereocenters. The third-order valence-corrected chi connectivity index (χ3v) is 5.65. The van der Waals surface area contributed by atoms with Gasteiger partial charge in [-0.05, 0) is 19.4 Å². The van der Waals surface area contributed by atoms with Gasteiger partial charge in [-0.3, -0.25) is 10.1 Å². The largest absolute Gasteiger partial charge is 0.434 e. The molecule has 10 heteroatoms. The maximum absolute atomic E-state index is 13.0. The molecular weight excluding hydrogens is 405 g/mol. The SMILES string of the molecule is CC(C)(C(=O)N1CCN(C(=O)Nc2nc(C(F)(F)F)cs2)CC1)c1ccccc1. The molecule has 1 N–H and O–H groups in total. The van der Waals surface area contributed by atoms with Gasteiger partial charge in [0.05, 0.1) is 5.41 Å². The highest BCUT2D eigenvalue weighted by Gasteiger charge is 2.36. The molecule has 156 valence electrons. The number of benzene rings is 1. The zero-order valence-electron chi connectivity index (χ0n) is 16.0.